The van der Waals surface area contributed by atoms with Gasteiger partial charge in [0, 0.05) is 0 Å². The number of aliphatic carboxylic acids is 1. The Labute approximate surface area is 103 Å². The number of carbonyl (C=O) groups is 1. The van der Waals surface area contributed by atoms with E-state index in [2.05, 4.69) is 18.2 Å². The van der Waals surface area contributed by atoms with Crippen LogP contribution in [0.1, 0.15) is 37.0 Å². The Kier molecular flexibility index (Phi) is 3.94. The third-order valence-corrected chi connectivity index (χ3v) is 3.17. The standard InChI is InChI=1S/C14H21NO2/c1-9-5-6-10(2)11(7-9)14(3,4)8-12(15)13(16)17/h5-7,12H,8,15H2,1-4H3,(H,16,17). The van der Waals surface area contributed by atoms with Crippen LogP contribution in [-0.4, -0.2) is 17.1 Å². The van der Waals surface area contributed by atoms with Gasteiger partial charge in [-0.05, 0) is 36.8 Å². The van der Waals surface area contributed by atoms with Crippen LogP contribution in [0, 0.1) is 13.8 Å². The van der Waals surface area contributed by atoms with E-state index in [0.29, 0.717) is 6.42 Å². The number of benzene rings is 1. The largest absolute Gasteiger partial charge is 0.480 e. The minimum absolute atomic E-state index is 0.228. The van der Waals surface area contributed by atoms with Crippen molar-refractivity contribution in [2.24, 2.45) is 5.73 Å². The summed E-state index contributed by atoms with van der Waals surface area (Å²) in [7, 11) is 0. The van der Waals surface area contributed by atoms with E-state index < -0.39 is 12.0 Å². The summed E-state index contributed by atoms with van der Waals surface area (Å²) in [4.78, 5) is 10.8. The average Bonchev–Trinajstić information content (AvgIpc) is 2.20. The van der Waals surface area contributed by atoms with Crippen LogP contribution >= 0.6 is 0 Å². The van der Waals surface area contributed by atoms with Gasteiger partial charge in [-0.2, -0.15) is 0 Å². The Balaban J connectivity index is 3.03. The van der Waals surface area contributed by atoms with Gasteiger partial charge >= 0.3 is 5.97 Å². The molecule has 3 N–H and O–H groups in total. The first-order chi connectivity index (χ1) is 7.74. The molecular weight excluding hydrogens is 214 g/mol. The van der Waals surface area contributed by atoms with Gasteiger partial charge in [0.1, 0.15) is 6.04 Å². The molecule has 0 radical (unpaired) electrons. The fourth-order valence-electron chi connectivity index (χ4n) is 2.21. The van der Waals surface area contributed by atoms with E-state index in [0.717, 1.165) is 0 Å². The summed E-state index contributed by atoms with van der Waals surface area (Å²) in [5, 5.41) is 8.89. The fraction of sp³-hybridized carbons (Fsp3) is 0.500. The van der Waals surface area contributed by atoms with Crippen LogP contribution in [0.2, 0.25) is 0 Å². The van der Waals surface area contributed by atoms with Gasteiger partial charge in [0.15, 0.2) is 0 Å². The molecule has 0 saturated carbocycles. The molecule has 3 nitrogen and oxygen atoms in total. The molecule has 17 heavy (non-hydrogen) atoms. The molecular formula is C14H21NO2. The Morgan fingerprint density at radius 1 is 1.41 bits per heavy atom. The Bertz CT molecular complexity index is 424. The van der Waals surface area contributed by atoms with Crippen LogP contribution < -0.4 is 5.73 Å². The molecule has 0 aliphatic heterocycles. The maximum absolute atomic E-state index is 10.8. The highest BCUT2D eigenvalue weighted by atomic mass is 16.4. The predicted octanol–water partition coefficient (Wildman–Crippen LogP) is 2.38. The van der Waals surface area contributed by atoms with E-state index in [-0.39, 0.29) is 5.41 Å². The second-order valence-corrected chi connectivity index (χ2v) is 5.35. The second kappa shape index (κ2) is 4.88. The van der Waals surface area contributed by atoms with Crippen molar-refractivity contribution in [3.8, 4) is 0 Å². The van der Waals surface area contributed by atoms with Gasteiger partial charge in [-0.25, -0.2) is 0 Å². The third-order valence-electron chi connectivity index (χ3n) is 3.17. The number of hydrogen-bond acceptors (Lipinski definition) is 2. The van der Waals surface area contributed by atoms with Crippen LogP contribution in [0.15, 0.2) is 18.2 Å². The maximum atomic E-state index is 10.8. The normalized spacial score (nSPS) is 13.5. The molecule has 0 aromatic heterocycles. The lowest BCUT2D eigenvalue weighted by Crippen LogP contribution is -2.37. The fourth-order valence-corrected chi connectivity index (χ4v) is 2.21. The Morgan fingerprint density at radius 3 is 2.53 bits per heavy atom. The molecule has 0 spiro atoms. The van der Waals surface area contributed by atoms with E-state index >= 15 is 0 Å². The third kappa shape index (κ3) is 3.30. The minimum atomic E-state index is -0.941. The van der Waals surface area contributed by atoms with Crippen LogP contribution in [0.4, 0.5) is 0 Å². The Morgan fingerprint density at radius 2 is 2.00 bits per heavy atom. The first-order valence-electron chi connectivity index (χ1n) is 5.80. The van der Waals surface area contributed by atoms with Gasteiger partial charge in [0.2, 0.25) is 0 Å². The summed E-state index contributed by atoms with van der Waals surface area (Å²) in [6.07, 6.45) is 0.437. The van der Waals surface area contributed by atoms with E-state index in [1.807, 2.05) is 27.7 Å². The smallest absolute Gasteiger partial charge is 0.320 e. The lowest BCUT2D eigenvalue weighted by atomic mass is 9.77. The first-order valence-corrected chi connectivity index (χ1v) is 5.80. The SMILES string of the molecule is Cc1ccc(C)c(C(C)(C)CC(N)C(=O)O)c1. The molecule has 1 atom stereocenters. The van der Waals surface area contributed by atoms with Crippen molar-refractivity contribution >= 4 is 5.97 Å². The molecule has 94 valence electrons. The van der Waals surface area contributed by atoms with Crippen molar-refractivity contribution in [1.82, 2.24) is 0 Å². The number of carboxylic acid groups (broad SMARTS) is 1. The van der Waals surface area contributed by atoms with Gasteiger partial charge in [-0.3, -0.25) is 4.79 Å². The maximum Gasteiger partial charge on any atom is 0.320 e. The molecule has 0 aliphatic rings. The zero-order chi connectivity index (χ0) is 13.2. The monoisotopic (exact) mass is 235 g/mol. The summed E-state index contributed by atoms with van der Waals surface area (Å²) in [5.41, 5.74) is 8.94. The van der Waals surface area contributed by atoms with Crippen molar-refractivity contribution in [3.05, 3.63) is 34.9 Å². The van der Waals surface area contributed by atoms with Gasteiger partial charge in [0.05, 0.1) is 0 Å². The molecule has 1 unspecified atom stereocenters. The van der Waals surface area contributed by atoms with E-state index in [1.54, 1.807) is 0 Å². The highest BCUT2D eigenvalue weighted by molar-refractivity contribution is 5.73. The molecule has 1 aromatic carbocycles. The Hall–Kier alpha value is -1.35. The number of hydrogen-bond donors (Lipinski definition) is 2. The molecule has 0 aliphatic carbocycles. The average molecular weight is 235 g/mol. The topological polar surface area (TPSA) is 63.3 Å². The molecule has 1 aromatic rings. The molecule has 0 bridgehead atoms. The number of carboxylic acids is 1. The molecule has 0 heterocycles. The van der Waals surface area contributed by atoms with Crippen LogP contribution in [0.3, 0.4) is 0 Å². The highest BCUT2D eigenvalue weighted by Gasteiger charge is 2.28. The second-order valence-electron chi connectivity index (χ2n) is 5.35. The van der Waals surface area contributed by atoms with E-state index in [1.165, 1.54) is 16.7 Å². The van der Waals surface area contributed by atoms with E-state index in [4.69, 9.17) is 10.8 Å². The van der Waals surface area contributed by atoms with Crippen molar-refractivity contribution in [1.29, 1.82) is 0 Å². The van der Waals surface area contributed by atoms with Gasteiger partial charge in [0.25, 0.3) is 0 Å². The summed E-state index contributed by atoms with van der Waals surface area (Å²) in [6, 6.07) is 5.43. The van der Waals surface area contributed by atoms with Gasteiger partial charge in [-0.15, -0.1) is 0 Å². The number of rotatable bonds is 4. The zero-order valence-electron chi connectivity index (χ0n) is 10.9. The van der Waals surface area contributed by atoms with Crippen LogP contribution in [0.5, 0.6) is 0 Å². The van der Waals surface area contributed by atoms with Crippen LogP contribution in [-0.2, 0) is 10.2 Å². The lowest BCUT2D eigenvalue weighted by molar-refractivity contribution is -0.139. The predicted molar refractivity (Wildman–Crippen MR) is 69.2 cm³/mol. The molecule has 1 rings (SSSR count). The number of aryl methyl sites for hydroxylation is 2. The summed E-state index contributed by atoms with van der Waals surface area (Å²) in [6.45, 7) is 8.16. The van der Waals surface area contributed by atoms with Gasteiger partial charge < -0.3 is 10.8 Å². The van der Waals surface area contributed by atoms with Crippen molar-refractivity contribution in [3.63, 3.8) is 0 Å². The number of nitrogens with two attached hydrogens (primary N) is 1. The molecule has 0 amide bonds. The first kappa shape index (κ1) is 13.7. The molecule has 0 fully saturated rings. The lowest BCUT2D eigenvalue weighted by Gasteiger charge is -2.29. The van der Waals surface area contributed by atoms with Crippen molar-refractivity contribution in [2.75, 3.05) is 0 Å². The zero-order valence-corrected chi connectivity index (χ0v) is 10.9. The van der Waals surface area contributed by atoms with Crippen molar-refractivity contribution in [2.45, 2.75) is 45.6 Å². The summed E-state index contributed by atoms with van der Waals surface area (Å²) < 4.78 is 0. The summed E-state index contributed by atoms with van der Waals surface area (Å²) >= 11 is 0. The van der Waals surface area contributed by atoms with Gasteiger partial charge in [-0.1, -0.05) is 37.6 Å². The minimum Gasteiger partial charge on any atom is -0.480 e. The van der Waals surface area contributed by atoms with Crippen LogP contribution in [0.25, 0.3) is 0 Å². The van der Waals surface area contributed by atoms with Crippen molar-refractivity contribution < 1.29 is 9.90 Å². The molecule has 0 saturated heterocycles. The summed E-state index contributed by atoms with van der Waals surface area (Å²) in [5.74, 6) is -0.941. The quantitative estimate of drug-likeness (QED) is 0.842. The molecule has 3 heteroatoms. The highest BCUT2D eigenvalue weighted by Crippen LogP contribution is 2.31. The van der Waals surface area contributed by atoms with E-state index in [9.17, 15) is 4.79 Å².